The minimum Gasteiger partial charge on any atom is -0.494 e. The van der Waals surface area contributed by atoms with Gasteiger partial charge in [-0.3, -0.25) is 0 Å². The van der Waals surface area contributed by atoms with Gasteiger partial charge in [0.05, 0.1) is 19.1 Å². The Balaban J connectivity index is 3.35. The van der Waals surface area contributed by atoms with Crippen LogP contribution in [0.25, 0.3) is 0 Å². The van der Waals surface area contributed by atoms with Gasteiger partial charge in [0.15, 0.2) is 5.75 Å². The largest absolute Gasteiger partial charge is 0.494 e. The Hall–Kier alpha value is -1.82. The van der Waals surface area contributed by atoms with Gasteiger partial charge >= 0.3 is 5.97 Å². The predicted octanol–water partition coefficient (Wildman–Crippen LogP) is 1.48. The summed E-state index contributed by atoms with van der Waals surface area (Å²) in [6.07, 6.45) is 0. The number of ether oxygens (including phenoxy) is 1. The summed E-state index contributed by atoms with van der Waals surface area (Å²) in [7, 11) is -2.90. The zero-order valence-corrected chi connectivity index (χ0v) is 12.8. The fraction of sp³-hybridized carbons (Fsp3) is 0.333. The zero-order valence-electron chi connectivity index (χ0n) is 11.3. The van der Waals surface area contributed by atoms with Crippen LogP contribution in [-0.4, -0.2) is 33.1 Å². The summed E-state index contributed by atoms with van der Waals surface area (Å²) in [5.74, 6) is -2.22. The van der Waals surface area contributed by atoms with Gasteiger partial charge in [-0.25, -0.2) is 17.9 Å². The first-order chi connectivity index (χ1) is 9.72. The Morgan fingerprint density at radius 2 is 2.19 bits per heavy atom. The maximum atomic E-state index is 12.2. The molecule has 0 bridgehead atoms. The van der Waals surface area contributed by atoms with Crippen LogP contribution in [0.15, 0.2) is 17.0 Å². The molecule has 0 radical (unpaired) electrons. The molecule has 0 aliphatic carbocycles. The summed E-state index contributed by atoms with van der Waals surface area (Å²) < 4.78 is 31.5. The number of benzene rings is 1. The number of nitrogens with one attached hydrogen (secondary N) is 1. The molecule has 21 heavy (non-hydrogen) atoms. The summed E-state index contributed by atoms with van der Waals surface area (Å²) in [6, 6.07) is 4.07. The van der Waals surface area contributed by atoms with Crippen LogP contribution in [0.3, 0.4) is 0 Å². The first-order valence-electron chi connectivity index (χ1n) is 5.73. The molecule has 1 aromatic rings. The topological polar surface area (TPSA) is 116 Å². The molecule has 1 rings (SSSR count). The van der Waals surface area contributed by atoms with E-state index in [1.54, 1.807) is 6.92 Å². The van der Waals surface area contributed by atoms with Crippen LogP contribution in [0.1, 0.15) is 17.3 Å². The van der Waals surface area contributed by atoms with Crippen LogP contribution in [0.5, 0.6) is 5.75 Å². The summed E-state index contributed by atoms with van der Waals surface area (Å²) in [4.78, 5) is 10.7. The SMILES string of the molecule is COc1c(C(=O)O)cc(Cl)cc1S(=O)(=O)NCC(C)C#N. The lowest BCUT2D eigenvalue weighted by Gasteiger charge is -2.13. The standard InChI is InChI=1S/C12H13ClN2O5S/c1-7(5-14)6-15-21(18,19)10-4-8(13)3-9(12(16)17)11(10)20-2/h3-4,7,15H,6H2,1-2H3,(H,16,17). The Morgan fingerprint density at radius 3 is 2.67 bits per heavy atom. The van der Waals surface area contributed by atoms with E-state index in [4.69, 9.17) is 26.7 Å². The van der Waals surface area contributed by atoms with Gasteiger partial charge < -0.3 is 9.84 Å². The molecule has 9 heteroatoms. The van der Waals surface area contributed by atoms with Crippen molar-refractivity contribution < 1.29 is 23.1 Å². The van der Waals surface area contributed by atoms with Crippen LogP contribution >= 0.6 is 11.6 Å². The number of aromatic carboxylic acids is 1. The van der Waals surface area contributed by atoms with E-state index < -0.39 is 21.9 Å². The molecule has 114 valence electrons. The van der Waals surface area contributed by atoms with Crippen molar-refractivity contribution in [1.82, 2.24) is 4.72 Å². The minimum absolute atomic E-state index is 0.0538. The summed E-state index contributed by atoms with van der Waals surface area (Å²) >= 11 is 5.76. The van der Waals surface area contributed by atoms with E-state index in [9.17, 15) is 13.2 Å². The number of nitrogens with zero attached hydrogens (tertiary/aromatic N) is 1. The molecule has 0 amide bonds. The van der Waals surface area contributed by atoms with Gasteiger partial charge in [-0.05, 0) is 19.1 Å². The van der Waals surface area contributed by atoms with E-state index in [1.165, 1.54) is 0 Å². The predicted molar refractivity (Wildman–Crippen MR) is 74.9 cm³/mol. The molecular weight excluding hydrogens is 320 g/mol. The van der Waals surface area contributed by atoms with Gasteiger partial charge in [0.1, 0.15) is 10.5 Å². The van der Waals surface area contributed by atoms with E-state index in [0.29, 0.717) is 0 Å². The number of sulfonamides is 1. The molecule has 0 aromatic heterocycles. The molecule has 1 unspecified atom stereocenters. The molecule has 1 aromatic carbocycles. The lowest BCUT2D eigenvalue weighted by atomic mass is 10.2. The zero-order chi connectivity index (χ0) is 16.2. The van der Waals surface area contributed by atoms with Gasteiger partial charge in [0.25, 0.3) is 0 Å². The Bertz CT molecular complexity index is 696. The number of halogens is 1. The van der Waals surface area contributed by atoms with Gasteiger partial charge in [-0.15, -0.1) is 0 Å². The summed E-state index contributed by atoms with van der Waals surface area (Å²) in [6.45, 7) is 1.43. The molecule has 2 N–H and O–H groups in total. The Kier molecular flexibility index (Phi) is 5.54. The van der Waals surface area contributed by atoms with Crippen LogP contribution in [-0.2, 0) is 10.0 Å². The van der Waals surface area contributed by atoms with E-state index in [-0.39, 0.29) is 27.8 Å². The second-order valence-electron chi connectivity index (χ2n) is 4.17. The van der Waals surface area contributed by atoms with Crippen molar-refractivity contribution in [2.75, 3.05) is 13.7 Å². The molecule has 7 nitrogen and oxygen atoms in total. The van der Waals surface area contributed by atoms with Crippen molar-refractivity contribution in [2.24, 2.45) is 5.92 Å². The third-order valence-electron chi connectivity index (χ3n) is 2.54. The van der Waals surface area contributed by atoms with E-state index in [2.05, 4.69) is 4.72 Å². The third kappa shape index (κ3) is 4.07. The second-order valence-corrected chi connectivity index (χ2v) is 6.34. The molecule has 1 atom stereocenters. The van der Waals surface area contributed by atoms with Gasteiger partial charge in [-0.2, -0.15) is 5.26 Å². The normalized spacial score (nSPS) is 12.5. The smallest absolute Gasteiger partial charge is 0.339 e. The molecule has 0 spiro atoms. The van der Waals surface area contributed by atoms with Crippen LogP contribution in [0.2, 0.25) is 5.02 Å². The van der Waals surface area contributed by atoms with E-state index >= 15 is 0 Å². The number of hydrogen-bond acceptors (Lipinski definition) is 5. The number of carbonyl (C=O) groups is 1. The first-order valence-corrected chi connectivity index (χ1v) is 7.59. The first kappa shape index (κ1) is 17.2. The second kappa shape index (κ2) is 6.76. The molecule has 0 aliphatic heterocycles. The highest BCUT2D eigenvalue weighted by atomic mass is 35.5. The van der Waals surface area contributed by atoms with Crippen molar-refractivity contribution in [2.45, 2.75) is 11.8 Å². The average Bonchev–Trinajstić information content (AvgIpc) is 2.43. The highest BCUT2D eigenvalue weighted by molar-refractivity contribution is 7.89. The number of rotatable bonds is 6. The molecular formula is C12H13ClN2O5S. The van der Waals surface area contributed by atoms with Crippen molar-refractivity contribution in [3.8, 4) is 11.8 Å². The van der Waals surface area contributed by atoms with Crippen molar-refractivity contribution in [3.05, 3.63) is 22.7 Å². The van der Waals surface area contributed by atoms with Gasteiger partial charge in [0, 0.05) is 11.6 Å². The fourth-order valence-corrected chi connectivity index (χ4v) is 3.12. The fourth-order valence-electron chi connectivity index (χ4n) is 1.50. The Labute approximate surface area is 127 Å². The quantitative estimate of drug-likeness (QED) is 0.815. The van der Waals surface area contributed by atoms with E-state index in [1.807, 2.05) is 6.07 Å². The van der Waals surface area contributed by atoms with Crippen molar-refractivity contribution in [3.63, 3.8) is 0 Å². The van der Waals surface area contributed by atoms with E-state index in [0.717, 1.165) is 19.2 Å². The maximum absolute atomic E-state index is 12.2. The molecule has 0 saturated heterocycles. The maximum Gasteiger partial charge on any atom is 0.339 e. The van der Waals surface area contributed by atoms with Crippen molar-refractivity contribution in [1.29, 1.82) is 5.26 Å². The third-order valence-corrected chi connectivity index (χ3v) is 4.19. The lowest BCUT2D eigenvalue weighted by Crippen LogP contribution is -2.28. The molecule has 0 saturated carbocycles. The number of carboxylic acids is 1. The molecule has 0 fully saturated rings. The van der Waals surface area contributed by atoms with Gasteiger partial charge in [0.2, 0.25) is 10.0 Å². The number of nitriles is 1. The van der Waals surface area contributed by atoms with Crippen molar-refractivity contribution >= 4 is 27.6 Å². The van der Waals surface area contributed by atoms with Gasteiger partial charge in [-0.1, -0.05) is 11.6 Å². The van der Waals surface area contributed by atoms with Crippen LogP contribution < -0.4 is 9.46 Å². The molecule has 0 heterocycles. The number of carboxylic acid groups (broad SMARTS) is 1. The number of methoxy groups -OCH3 is 1. The van der Waals surface area contributed by atoms with Crippen LogP contribution in [0.4, 0.5) is 0 Å². The number of hydrogen-bond donors (Lipinski definition) is 2. The monoisotopic (exact) mass is 332 g/mol. The summed E-state index contributed by atoms with van der Waals surface area (Å²) in [5.41, 5.74) is -0.362. The van der Waals surface area contributed by atoms with Crippen LogP contribution in [0, 0.1) is 17.2 Å². The Morgan fingerprint density at radius 1 is 1.57 bits per heavy atom. The highest BCUT2D eigenvalue weighted by Gasteiger charge is 2.26. The summed E-state index contributed by atoms with van der Waals surface area (Å²) in [5, 5.41) is 17.7. The lowest BCUT2D eigenvalue weighted by molar-refractivity contribution is 0.0693. The highest BCUT2D eigenvalue weighted by Crippen LogP contribution is 2.31. The minimum atomic E-state index is -4.06. The molecule has 0 aliphatic rings. The average molecular weight is 333 g/mol.